The van der Waals surface area contributed by atoms with Gasteiger partial charge in [0, 0.05) is 36.6 Å². The van der Waals surface area contributed by atoms with Crippen LogP contribution in [0.2, 0.25) is 0 Å². The fourth-order valence-corrected chi connectivity index (χ4v) is 4.59. The Labute approximate surface area is 155 Å². The summed E-state index contributed by atoms with van der Waals surface area (Å²) in [7, 11) is 0. The minimum Gasteiger partial charge on any atom is -0.345 e. The van der Waals surface area contributed by atoms with Gasteiger partial charge in [0.1, 0.15) is 0 Å². The van der Waals surface area contributed by atoms with E-state index in [0.29, 0.717) is 0 Å². The number of anilines is 1. The minimum atomic E-state index is 0.120. The second-order valence-electron chi connectivity index (χ2n) is 5.98. The maximum atomic E-state index is 12.5. The van der Waals surface area contributed by atoms with Crippen molar-refractivity contribution in [2.45, 2.75) is 4.90 Å². The zero-order chi connectivity index (χ0) is 17.2. The molecule has 2 aromatic carbocycles. The number of benzene rings is 2. The van der Waals surface area contributed by atoms with Gasteiger partial charge < -0.3 is 9.80 Å². The van der Waals surface area contributed by atoms with E-state index in [9.17, 15) is 4.79 Å². The fraction of sp³-hybridized carbons (Fsp3) is 0.263. The number of piperazine rings is 1. The topological polar surface area (TPSA) is 36.4 Å². The molecule has 0 saturated carbocycles. The largest absolute Gasteiger partial charge is 0.345 e. The van der Waals surface area contributed by atoms with Gasteiger partial charge in [-0.3, -0.25) is 4.79 Å². The summed E-state index contributed by atoms with van der Waals surface area (Å²) >= 11 is 3.49. The number of aromatic nitrogens is 1. The van der Waals surface area contributed by atoms with Crippen molar-refractivity contribution in [2.24, 2.45) is 0 Å². The van der Waals surface area contributed by atoms with Crippen LogP contribution in [0.3, 0.4) is 0 Å². The Morgan fingerprint density at radius 1 is 1.08 bits per heavy atom. The number of thiazole rings is 1. The molecule has 6 heteroatoms. The Morgan fingerprint density at radius 2 is 1.84 bits per heavy atom. The van der Waals surface area contributed by atoms with Gasteiger partial charge in [-0.05, 0) is 36.6 Å². The predicted octanol–water partition coefficient (Wildman–Crippen LogP) is 3.98. The van der Waals surface area contributed by atoms with Gasteiger partial charge in [-0.1, -0.05) is 29.5 Å². The molecule has 25 heavy (non-hydrogen) atoms. The highest BCUT2D eigenvalue weighted by atomic mass is 32.2. The first-order valence-electron chi connectivity index (χ1n) is 8.28. The van der Waals surface area contributed by atoms with E-state index < -0.39 is 0 Å². The molecule has 4 rings (SSSR count). The van der Waals surface area contributed by atoms with E-state index in [0.717, 1.165) is 42.4 Å². The molecule has 0 aliphatic carbocycles. The van der Waals surface area contributed by atoms with Crippen LogP contribution in [-0.4, -0.2) is 48.2 Å². The molecule has 0 unspecified atom stereocenters. The maximum absolute atomic E-state index is 12.5. The Kier molecular flexibility index (Phi) is 4.63. The van der Waals surface area contributed by atoms with Crippen LogP contribution >= 0.6 is 23.1 Å². The van der Waals surface area contributed by atoms with E-state index in [4.69, 9.17) is 4.98 Å². The maximum Gasteiger partial charge on any atom is 0.253 e. The quantitative estimate of drug-likeness (QED) is 0.655. The lowest BCUT2D eigenvalue weighted by Crippen LogP contribution is -2.48. The molecule has 3 aromatic rings. The molecule has 128 valence electrons. The number of nitrogens with zero attached hydrogens (tertiary/aromatic N) is 3. The number of hydrogen-bond acceptors (Lipinski definition) is 5. The Hall–Kier alpha value is -2.05. The van der Waals surface area contributed by atoms with Crippen molar-refractivity contribution in [3.05, 3.63) is 54.1 Å². The van der Waals surface area contributed by atoms with Crippen LogP contribution in [0.5, 0.6) is 0 Å². The van der Waals surface area contributed by atoms with Gasteiger partial charge in [-0.15, -0.1) is 11.8 Å². The number of carbonyl (C=O) groups is 1. The Bertz CT molecular complexity index is 886. The molecule has 0 atom stereocenters. The summed E-state index contributed by atoms with van der Waals surface area (Å²) in [6, 6.07) is 15.9. The van der Waals surface area contributed by atoms with Gasteiger partial charge in [0.25, 0.3) is 5.91 Å². The van der Waals surface area contributed by atoms with Crippen LogP contribution in [0.25, 0.3) is 10.2 Å². The second-order valence-corrected chi connectivity index (χ2v) is 7.86. The molecule has 1 aliphatic heterocycles. The third kappa shape index (κ3) is 3.37. The van der Waals surface area contributed by atoms with Crippen LogP contribution in [0.1, 0.15) is 10.4 Å². The molecule has 1 aromatic heterocycles. The first kappa shape index (κ1) is 16.4. The smallest absolute Gasteiger partial charge is 0.253 e. The van der Waals surface area contributed by atoms with Crippen molar-refractivity contribution in [1.82, 2.24) is 9.88 Å². The van der Waals surface area contributed by atoms with Crippen molar-refractivity contribution in [3.63, 3.8) is 0 Å². The Morgan fingerprint density at radius 3 is 2.56 bits per heavy atom. The molecule has 0 N–H and O–H groups in total. The highest BCUT2D eigenvalue weighted by Gasteiger charge is 2.23. The molecular weight excluding hydrogens is 350 g/mol. The minimum absolute atomic E-state index is 0.120. The molecule has 1 amide bonds. The lowest BCUT2D eigenvalue weighted by Gasteiger charge is -2.34. The fourth-order valence-electron chi connectivity index (χ4n) is 3.02. The summed E-state index contributed by atoms with van der Waals surface area (Å²) in [5, 5.41) is 1.06. The summed E-state index contributed by atoms with van der Waals surface area (Å²) in [4.78, 5) is 22.8. The molecule has 0 radical (unpaired) electrons. The summed E-state index contributed by atoms with van der Waals surface area (Å²) in [6.45, 7) is 3.13. The van der Waals surface area contributed by atoms with E-state index in [1.165, 1.54) is 9.60 Å². The second kappa shape index (κ2) is 7.06. The predicted molar refractivity (Wildman–Crippen MR) is 106 cm³/mol. The monoisotopic (exact) mass is 369 g/mol. The van der Waals surface area contributed by atoms with E-state index >= 15 is 0 Å². The lowest BCUT2D eigenvalue weighted by molar-refractivity contribution is 0.0747. The van der Waals surface area contributed by atoms with Crippen LogP contribution in [-0.2, 0) is 0 Å². The summed E-state index contributed by atoms with van der Waals surface area (Å²) in [5.74, 6) is 0.120. The number of fused-ring (bicyclic) bond motifs is 1. The van der Waals surface area contributed by atoms with Gasteiger partial charge in [-0.2, -0.15) is 0 Å². The average Bonchev–Trinajstić information content (AvgIpc) is 3.11. The molecule has 2 heterocycles. The van der Waals surface area contributed by atoms with Crippen molar-refractivity contribution in [1.29, 1.82) is 0 Å². The number of amides is 1. The molecule has 1 aliphatic rings. The SMILES string of the molecule is CSc1ccc2nc(N3CCN(C(=O)c4ccccc4)CC3)sc2c1. The highest BCUT2D eigenvalue weighted by Crippen LogP contribution is 2.32. The first-order chi connectivity index (χ1) is 12.2. The first-order valence-corrected chi connectivity index (χ1v) is 10.3. The Balaban J connectivity index is 1.46. The molecule has 0 spiro atoms. The summed E-state index contributed by atoms with van der Waals surface area (Å²) < 4.78 is 1.23. The van der Waals surface area contributed by atoms with Gasteiger partial charge in [0.05, 0.1) is 10.2 Å². The third-order valence-electron chi connectivity index (χ3n) is 4.44. The number of carbonyl (C=O) groups excluding carboxylic acids is 1. The van der Waals surface area contributed by atoms with Crippen LogP contribution in [0, 0.1) is 0 Å². The standard InChI is InChI=1S/C19H19N3OS2/c1-24-15-7-8-16-17(13-15)25-19(20-16)22-11-9-21(10-12-22)18(23)14-5-3-2-4-6-14/h2-8,13H,9-12H2,1H3. The normalized spacial score (nSPS) is 14.9. The van der Waals surface area contributed by atoms with Gasteiger partial charge in [0.2, 0.25) is 0 Å². The third-order valence-corrected chi connectivity index (χ3v) is 6.25. The van der Waals surface area contributed by atoms with Crippen molar-refractivity contribution < 1.29 is 4.79 Å². The van der Waals surface area contributed by atoms with E-state index in [1.54, 1.807) is 23.1 Å². The molecule has 1 saturated heterocycles. The van der Waals surface area contributed by atoms with E-state index in [2.05, 4.69) is 29.4 Å². The van der Waals surface area contributed by atoms with Gasteiger partial charge >= 0.3 is 0 Å². The summed E-state index contributed by atoms with van der Waals surface area (Å²) in [5.41, 5.74) is 1.82. The van der Waals surface area contributed by atoms with Crippen LogP contribution in [0.15, 0.2) is 53.4 Å². The van der Waals surface area contributed by atoms with Crippen molar-refractivity contribution in [3.8, 4) is 0 Å². The average molecular weight is 370 g/mol. The van der Waals surface area contributed by atoms with Crippen molar-refractivity contribution in [2.75, 3.05) is 37.3 Å². The highest BCUT2D eigenvalue weighted by molar-refractivity contribution is 7.98. The van der Waals surface area contributed by atoms with Gasteiger partial charge in [0.15, 0.2) is 5.13 Å². The molecule has 1 fully saturated rings. The van der Waals surface area contributed by atoms with Crippen molar-refractivity contribution >= 4 is 44.4 Å². The number of thioether (sulfide) groups is 1. The molecule has 0 bridgehead atoms. The zero-order valence-electron chi connectivity index (χ0n) is 14.0. The number of hydrogen-bond donors (Lipinski definition) is 0. The molecular formula is C19H19N3OS2. The lowest BCUT2D eigenvalue weighted by atomic mass is 10.2. The van der Waals surface area contributed by atoms with E-state index in [1.807, 2.05) is 35.2 Å². The van der Waals surface area contributed by atoms with Gasteiger partial charge in [-0.25, -0.2) is 4.98 Å². The number of rotatable bonds is 3. The zero-order valence-corrected chi connectivity index (χ0v) is 15.6. The van der Waals surface area contributed by atoms with Crippen LogP contribution in [0.4, 0.5) is 5.13 Å². The van der Waals surface area contributed by atoms with E-state index in [-0.39, 0.29) is 5.91 Å². The molecule has 4 nitrogen and oxygen atoms in total. The van der Waals surface area contributed by atoms with Crippen LogP contribution < -0.4 is 4.90 Å². The summed E-state index contributed by atoms with van der Waals surface area (Å²) in [6.07, 6.45) is 2.09.